The summed E-state index contributed by atoms with van der Waals surface area (Å²) in [4.78, 5) is 21.4. The summed E-state index contributed by atoms with van der Waals surface area (Å²) in [6, 6.07) is 14.4. The molecule has 0 saturated carbocycles. The van der Waals surface area contributed by atoms with Crippen LogP contribution in [0.25, 0.3) is 11.4 Å². The Morgan fingerprint density at radius 1 is 1.07 bits per heavy atom. The fourth-order valence-electron chi connectivity index (χ4n) is 3.72. The van der Waals surface area contributed by atoms with E-state index < -0.39 is 0 Å². The van der Waals surface area contributed by atoms with E-state index in [0.717, 1.165) is 35.3 Å². The van der Waals surface area contributed by atoms with E-state index in [1.54, 1.807) is 0 Å². The van der Waals surface area contributed by atoms with Gasteiger partial charge in [-0.05, 0) is 65.8 Å². The lowest BCUT2D eigenvalue weighted by atomic mass is 10.1. The standard InChI is InChI=1S/C23H25IN4O2/c1-16-4-3-5-20(17(16)2)27-12-14-28(15-13-27)22(29)11-10-21-25-23(26-30-21)18-6-8-19(24)9-7-18/h3-9H,10-15H2,1-2H3. The number of nitrogens with zero attached hydrogens (tertiary/aromatic N) is 4. The van der Waals surface area contributed by atoms with Crippen LogP contribution in [0, 0.1) is 17.4 Å². The average Bonchev–Trinajstić information content (AvgIpc) is 3.24. The molecule has 2 aromatic carbocycles. The Balaban J connectivity index is 1.29. The fourth-order valence-corrected chi connectivity index (χ4v) is 4.08. The number of piperazine rings is 1. The first kappa shape index (κ1) is 20.8. The summed E-state index contributed by atoms with van der Waals surface area (Å²) in [6.07, 6.45) is 0.852. The second-order valence-corrected chi connectivity index (χ2v) is 8.85. The van der Waals surface area contributed by atoms with E-state index in [1.165, 1.54) is 16.8 Å². The molecule has 1 aromatic heterocycles. The lowest BCUT2D eigenvalue weighted by Gasteiger charge is -2.37. The van der Waals surface area contributed by atoms with Gasteiger partial charge in [-0.25, -0.2) is 0 Å². The molecule has 3 aromatic rings. The van der Waals surface area contributed by atoms with Gasteiger partial charge >= 0.3 is 0 Å². The summed E-state index contributed by atoms with van der Waals surface area (Å²) >= 11 is 2.26. The Bertz CT molecular complexity index is 1020. The predicted octanol–water partition coefficient (Wildman–Crippen LogP) is 4.24. The molecule has 1 aliphatic heterocycles. The summed E-state index contributed by atoms with van der Waals surface area (Å²) in [7, 11) is 0. The minimum Gasteiger partial charge on any atom is -0.368 e. The topological polar surface area (TPSA) is 62.5 Å². The molecule has 0 spiro atoms. The number of hydrogen-bond donors (Lipinski definition) is 0. The highest BCUT2D eigenvalue weighted by Gasteiger charge is 2.22. The van der Waals surface area contributed by atoms with Crippen molar-refractivity contribution < 1.29 is 9.32 Å². The van der Waals surface area contributed by atoms with E-state index in [4.69, 9.17) is 4.52 Å². The first-order chi connectivity index (χ1) is 14.5. The largest absolute Gasteiger partial charge is 0.368 e. The van der Waals surface area contributed by atoms with Crippen LogP contribution in [0.3, 0.4) is 0 Å². The number of benzene rings is 2. The van der Waals surface area contributed by atoms with E-state index >= 15 is 0 Å². The zero-order valence-electron chi connectivity index (χ0n) is 17.3. The monoisotopic (exact) mass is 516 g/mol. The van der Waals surface area contributed by atoms with E-state index in [2.05, 4.69) is 69.7 Å². The van der Waals surface area contributed by atoms with Crippen molar-refractivity contribution in [1.82, 2.24) is 15.0 Å². The second kappa shape index (κ2) is 9.16. The molecule has 156 valence electrons. The molecule has 7 heteroatoms. The number of halogens is 1. The first-order valence-corrected chi connectivity index (χ1v) is 11.3. The third-order valence-corrected chi connectivity index (χ3v) is 6.39. The summed E-state index contributed by atoms with van der Waals surface area (Å²) in [6.45, 7) is 7.49. The van der Waals surface area contributed by atoms with Crippen LogP contribution >= 0.6 is 22.6 Å². The lowest BCUT2D eigenvalue weighted by molar-refractivity contribution is -0.131. The van der Waals surface area contributed by atoms with Crippen molar-refractivity contribution in [1.29, 1.82) is 0 Å². The quantitative estimate of drug-likeness (QED) is 0.475. The molecule has 0 N–H and O–H groups in total. The maximum absolute atomic E-state index is 12.7. The molecular weight excluding hydrogens is 491 g/mol. The highest BCUT2D eigenvalue weighted by atomic mass is 127. The summed E-state index contributed by atoms with van der Waals surface area (Å²) in [5, 5.41) is 4.05. The smallest absolute Gasteiger partial charge is 0.227 e. The van der Waals surface area contributed by atoms with Crippen LogP contribution in [-0.2, 0) is 11.2 Å². The maximum atomic E-state index is 12.7. The highest BCUT2D eigenvalue weighted by molar-refractivity contribution is 14.1. The third-order valence-electron chi connectivity index (χ3n) is 5.67. The average molecular weight is 516 g/mol. The van der Waals surface area contributed by atoms with E-state index in [1.807, 2.05) is 29.2 Å². The van der Waals surface area contributed by atoms with Gasteiger partial charge in [0.05, 0.1) is 0 Å². The van der Waals surface area contributed by atoms with Crippen molar-refractivity contribution in [2.45, 2.75) is 26.7 Å². The number of amides is 1. The highest BCUT2D eigenvalue weighted by Crippen LogP contribution is 2.24. The van der Waals surface area contributed by atoms with E-state index in [0.29, 0.717) is 24.6 Å². The van der Waals surface area contributed by atoms with Crippen LogP contribution in [0.5, 0.6) is 0 Å². The zero-order valence-corrected chi connectivity index (χ0v) is 19.4. The number of anilines is 1. The summed E-state index contributed by atoms with van der Waals surface area (Å²) in [5.74, 6) is 1.21. The minimum atomic E-state index is 0.143. The molecule has 4 rings (SSSR count). The van der Waals surface area contributed by atoms with Crippen molar-refractivity contribution in [2.75, 3.05) is 31.1 Å². The van der Waals surface area contributed by atoms with Crippen molar-refractivity contribution in [3.05, 3.63) is 63.1 Å². The third kappa shape index (κ3) is 4.66. The molecule has 1 aliphatic rings. The number of rotatable bonds is 5. The minimum absolute atomic E-state index is 0.143. The van der Waals surface area contributed by atoms with Gasteiger partial charge in [0.25, 0.3) is 0 Å². The number of aryl methyl sites for hydroxylation is 2. The zero-order chi connectivity index (χ0) is 21.1. The number of carbonyl (C=O) groups is 1. The van der Waals surface area contributed by atoms with Crippen molar-refractivity contribution in [3.8, 4) is 11.4 Å². The molecule has 0 aliphatic carbocycles. The van der Waals surface area contributed by atoms with Crippen LogP contribution in [0.2, 0.25) is 0 Å². The van der Waals surface area contributed by atoms with Gasteiger partial charge in [-0.3, -0.25) is 4.79 Å². The Kier molecular flexibility index (Phi) is 6.36. The molecule has 1 amide bonds. The normalized spacial score (nSPS) is 14.2. The lowest BCUT2D eigenvalue weighted by Crippen LogP contribution is -2.49. The van der Waals surface area contributed by atoms with Gasteiger partial charge in [0.2, 0.25) is 17.6 Å². The molecular formula is C23H25IN4O2. The van der Waals surface area contributed by atoms with Crippen LogP contribution in [-0.4, -0.2) is 47.1 Å². The Hall–Kier alpha value is -2.42. The summed E-state index contributed by atoms with van der Waals surface area (Å²) in [5.41, 5.74) is 4.81. The van der Waals surface area contributed by atoms with Crippen LogP contribution < -0.4 is 4.90 Å². The number of hydrogen-bond acceptors (Lipinski definition) is 5. The van der Waals surface area contributed by atoms with E-state index in [9.17, 15) is 4.79 Å². The number of aromatic nitrogens is 2. The maximum Gasteiger partial charge on any atom is 0.227 e. The van der Waals surface area contributed by atoms with Gasteiger partial charge in [-0.1, -0.05) is 29.4 Å². The first-order valence-electron chi connectivity index (χ1n) is 10.2. The van der Waals surface area contributed by atoms with Crippen molar-refractivity contribution in [2.24, 2.45) is 0 Å². The Labute approximate surface area is 190 Å². The second-order valence-electron chi connectivity index (χ2n) is 7.61. The van der Waals surface area contributed by atoms with Crippen LogP contribution in [0.1, 0.15) is 23.4 Å². The summed E-state index contributed by atoms with van der Waals surface area (Å²) < 4.78 is 6.50. The van der Waals surface area contributed by atoms with Gasteiger partial charge in [-0.15, -0.1) is 0 Å². The molecule has 0 unspecified atom stereocenters. The fraction of sp³-hybridized carbons (Fsp3) is 0.348. The van der Waals surface area contributed by atoms with Gasteiger partial charge in [0.1, 0.15) is 0 Å². The van der Waals surface area contributed by atoms with Gasteiger partial charge in [0.15, 0.2) is 0 Å². The van der Waals surface area contributed by atoms with Gasteiger partial charge in [-0.2, -0.15) is 4.98 Å². The van der Waals surface area contributed by atoms with Crippen LogP contribution in [0.4, 0.5) is 5.69 Å². The van der Waals surface area contributed by atoms with Gasteiger partial charge < -0.3 is 14.3 Å². The van der Waals surface area contributed by atoms with Crippen molar-refractivity contribution in [3.63, 3.8) is 0 Å². The van der Waals surface area contributed by atoms with E-state index in [-0.39, 0.29) is 5.91 Å². The molecule has 30 heavy (non-hydrogen) atoms. The Morgan fingerprint density at radius 2 is 1.80 bits per heavy atom. The molecule has 6 nitrogen and oxygen atoms in total. The molecule has 1 fully saturated rings. The number of carbonyl (C=O) groups excluding carboxylic acids is 1. The molecule has 2 heterocycles. The Morgan fingerprint density at radius 3 is 2.53 bits per heavy atom. The SMILES string of the molecule is Cc1cccc(N2CCN(C(=O)CCc3nc(-c4ccc(I)cc4)no3)CC2)c1C. The van der Waals surface area contributed by atoms with Crippen LogP contribution in [0.15, 0.2) is 47.0 Å². The molecule has 1 saturated heterocycles. The predicted molar refractivity (Wildman–Crippen MR) is 125 cm³/mol. The van der Waals surface area contributed by atoms with Crippen molar-refractivity contribution >= 4 is 34.2 Å². The molecule has 0 atom stereocenters. The molecule has 0 bridgehead atoms. The van der Waals surface area contributed by atoms with Gasteiger partial charge in [0, 0.05) is 53.8 Å². The molecule has 0 radical (unpaired) electrons.